The number of hydrogen-bond donors (Lipinski definition) is 1. The van der Waals surface area contributed by atoms with Crippen LogP contribution < -0.4 is 0 Å². The highest BCUT2D eigenvalue weighted by Gasteiger charge is 2.24. The van der Waals surface area contributed by atoms with Crippen molar-refractivity contribution in [1.82, 2.24) is 9.55 Å². The van der Waals surface area contributed by atoms with Gasteiger partial charge in [0.25, 0.3) is 0 Å². The Kier molecular flexibility index (Phi) is 3.88. The number of carbonyl (C=O) groups is 1. The SMILES string of the molecule is CCC(CC)c1nc2ccccc2n1C(C)C(=O)O. The predicted molar refractivity (Wildman–Crippen MR) is 75.4 cm³/mol. The van der Waals surface area contributed by atoms with Gasteiger partial charge < -0.3 is 9.67 Å². The molecule has 0 aliphatic heterocycles. The lowest BCUT2D eigenvalue weighted by atomic mass is 10.0. The summed E-state index contributed by atoms with van der Waals surface area (Å²) in [5.41, 5.74) is 1.77. The van der Waals surface area contributed by atoms with Crippen LogP contribution in [0.15, 0.2) is 24.3 Å². The molecular weight excluding hydrogens is 240 g/mol. The van der Waals surface area contributed by atoms with Gasteiger partial charge in [-0.25, -0.2) is 9.78 Å². The van der Waals surface area contributed by atoms with Crippen molar-refractivity contribution in [1.29, 1.82) is 0 Å². The van der Waals surface area contributed by atoms with E-state index in [4.69, 9.17) is 0 Å². The highest BCUT2D eigenvalue weighted by molar-refractivity contribution is 5.80. The van der Waals surface area contributed by atoms with E-state index in [-0.39, 0.29) is 0 Å². The molecule has 0 radical (unpaired) electrons. The third-order valence-corrected chi connectivity index (χ3v) is 3.72. The molecule has 1 atom stereocenters. The lowest BCUT2D eigenvalue weighted by molar-refractivity contribution is -0.140. The summed E-state index contributed by atoms with van der Waals surface area (Å²) in [5, 5.41) is 9.32. The number of carboxylic acid groups (broad SMARTS) is 1. The number of nitrogens with zero attached hydrogens (tertiary/aromatic N) is 2. The number of para-hydroxylation sites is 2. The van der Waals surface area contributed by atoms with Gasteiger partial charge in [-0.2, -0.15) is 0 Å². The monoisotopic (exact) mass is 260 g/mol. The first-order chi connectivity index (χ1) is 9.10. The van der Waals surface area contributed by atoms with Gasteiger partial charge in [0.1, 0.15) is 11.9 Å². The number of hydrogen-bond acceptors (Lipinski definition) is 2. The molecular formula is C15H20N2O2. The Balaban J connectivity index is 2.68. The normalized spacial score (nSPS) is 13.1. The van der Waals surface area contributed by atoms with Crippen molar-refractivity contribution in [3.63, 3.8) is 0 Å². The van der Waals surface area contributed by atoms with E-state index in [1.54, 1.807) is 6.92 Å². The van der Waals surface area contributed by atoms with E-state index in [0.717, 1.165) is 29.7 Å². The molecule has 0 aliphatic carbocycles. The standard InChI is InChI=1S/C15H20N2O2/c1-4-11(5-2)14-16-12-8-6-7-9-13(12)17(14)10(3)15(18)19/h6-11H,4-5H2,1-3H3,(H,18,19). The second-order valence-electron chi connectivity index (χ2n) is 4.86. The summed E-state index contributed by atoms with van der Waals surface area (Å²) in [7, 11) is 0. The second kappa shape index (κ2) is 5.43. The minimum absolute atomic E-state index is 0.300. The molecule has 102 valence electrons. The molecule has 0 spiro atoms. The van der Waals surface area contributed by atoms with Gasteiger partial charge in [0, 0.05) is 5.92 Å². The zero-order chi connectivity index (χ0) is 14.0. The molecule has 0 saturated carbocycles. The van der Waals surface area contributed by atoms with Crippen molar-refractivity contribution < 1.29 is 9.90 Å². The highest BCUT2D eigenvalue weighted by atomic mass is 16.4. The number of carboxylic acids is 1. The van der Waals surface area contributed by atoms with Gasteiger partial charge in [0.05, 0.1) is 11.0 Å². The summed E-state index contributed by atoms with van der Waals surface area (Å²) in [6, 6.07) is 7.14. The van der Waals surface area contributed by atoms with Crippen LogP contribution in [-0.2, 0) is 4.79 Å². The molecule has 1 unspecified atom stereocenters. The first-order valence-corrected chi connectivity index (χ1v) is 6.79. The van der Waals surface area contributed by atoms with Crippen LogP contribution in [0.1, 0.15) is 51.4 Å². The van der Waals surface area contributed by atoms with Crippen LogP contribution >= 0.6 is 0 Å². The molecule has 0 bridgehead atoms. The molecule has 2 rings (SSSR count). The fraction of sp³-hybridized carbons (Fsp3) is 0.467. The van der Waals surface area contributed by atoms with Gasteiger partial charge in [-0.05, 0) is 31.9 Å². The van der Waals surface area contributed by atoms with E-state index in [0.29, 0.717) is 5.92 Å². The Morgan fingerprint density at radius 2 is 1.95 bits per heavy atom. The van der Waals surface area contributed by atoms with Gasteiger partial charge in [0.15, 0.2) is 0 Å². The molecule has 1 aromatic heterocycles. The van der Waals surface area contributed by atoms with Crippen LogP contribution in [0, 0.1) is 0 Å². The lowest BCUT2D eigenvalue weighted by Crippen LogP contribution is -2.19. The summed E-state index contributed by atoms with van der Waals surface area (Å²) in [6.07, 6.45) is 1.93. The minimum atomic E-state index is -0.824. The van der Waals surface area contributed by atoms with Crippen molar-refractivity contribution in [3.05, 3.63) is 30.1 Å². The first-order valence-electron chi connectivity index (χ1n) is 6.79. The average molecular weight is 260 g/mol. The van der Waals surface area contributed by atoms with Crippen molar-refractivity contribution >= 4 is 17.0 Å². The Hall–Kier alpha value is -1.84. The number of aliphatic carboxylic acids is 1. The Morgan fingerprint density at radius 1 is 1.32 bits per heavy atom. The molecule has 19 heavy (non-hydrogen) atoms. The zero-order valence-electron chi connectivity index (χ0n) is 11.6. The maximum absolute atomic E-state index is 11.3. The summed E-state index contributed by atoms with van der Waals surface area (Å²) in [6.45, 7) is 5.94. The van der Waals surface area contributed by atoms with Crippen LogP contribution in [0.2, 0.25) is 0 Å². The Morgan fingerprint density at radius 3 is 2.53 bits per heavy atom. The topological polar surface area (TPSA) is 55.1 Å². The van der Waals surface area contributed by atoms with Crippen molar-refractivity contribution in [2.24, 2.45) is 0 Å². The number of aromatic nitrogens is 2. The van der Waals surface area contributed by atoms with Crippen LogP contribution in [0.25, 0.3) is 11.0 Å². The van der Waals surface area contributed by atoms with Crippen molar-refractivity contribution in [3.8, 4) is 0 Å². The van der Waals surface area contributed by atoms with Crippen LogP contribution in [0.5, 0.6) is 0 Å². The summed E-state index contributed by atoms with van der Waals surface area (Å²) >= 11 is 0. The van der Waals surface area contributed by atoms with Gasteiger partial charge in [0.2, 0.25) is 0 Å². The van der Waals surface area contributed by atoms with Gasteiger partial charge >= 0.3 is 5.97 Å². The number of imidazole rings is 1. The molecule has 4 heteroatoms. The number of benzene rings is 1. The first kappa shape index (κ1) is 13.6. The molecule has 4 nitrogen and oxygen atoms in total. The average Bonchev–Trinajstić information content (AvgIpc) is 2.78. The molecule has 1 N–H and O–H groups in total. The van der Waals surface area contributed by atoms with E-state index < -0.39 is 12.0 Å². The number of fused-ring (bicyclic) bond motifs is 1. The predicted octanol–water partition coefficient (Wildman–Crippen LogP) is 3.59. The minimum Gasteiger partial charge on any atom is -0.480 e. The fourth-order valence-corrected chi connectivity index (χ4v) is 2.52. The Bertz CT molecular complexity index is 585. The third kappa shape index (κ3) is 2.35. The lowest BCUT2D eigenvalue weighted by Gasteiger charge is -2.18. The largest absolute Gasteiger partial charge is 0.480 e. The molecule has 0 aliphatic rings. The molecule has 0 fully saturated rings. The maximum Gasteiger partial charge on any atom is 0.326 e. The van der Waals surface area contributed by atoms with E-state index in [9.17, 15) is 9.90 Å². The van der Waals surface area contributed by atoms with E-state index in [1.807, 2.05) is 28.8 Å². The van der Waals surface area contributed by atoms with Crippen LogP contribution in [-0.4, -0.2) is 20.6 Å². The van der Waals surface area contributed by atoms with E-state index in [2.05, 4.69) is 18.8 Å². The molecule has 1 aromatic carbocycles. The maximum atomic E-state index is 11.3. The second-order valence-corrected chi connectivity index (χ2v) is 4.86. The van der Waals surface area contributed by atoms with Gasteiger partial charge in [-0.3, -0.25) is 0 Å². The van der Waals surface area contributed by atoms with E-state index >= 15 is 0 Å². The number of rotatable bonds is 5. The summed E-state index contributed by atoms with van der Waals surface area (Å²) in [5.74, 6) is 0.366. The molecule has 1 heterocycles. The molecule has 0 amide bonds. The summed E-state index contributed by atoms with van der Waals surface area (Å²) in [4.78, 5) is 16.0. The fourth-order valence-electron chi connectivity index (χ4n) is 2.52. The zero-order valence-corrected chi connectivity index (χ0v) is 11.6. The summed E-state index contributed by atoms with van der Waals surface area (Å²) < 4.78 is 1.87. The third-order valence-electron chi connectivity index (χ3n) is 3.72. The highest BCUT2D eigenvalue weighted by Crippen LogP contribution is 2.29. The van der Waals surface area contributed by atoms with Crippen molar-refractivity contribution in [2.45, 2.75) is 45.6 Å². The van der Waals surface area contributed by atoms with Crippen LogP contribution in [0.3, 0.4) is 0 Å². The van der Waals surface area contributed by atoms with Gasteiger partial charge in [-0.1, -0.05) is 26.0 Å². The smallest absolute Gasteiger partial charge is 0.326 e. The van der Waals surface area contributed by atoms with Crippen molar-refractivity contribution in [2.75, 3.05) is 0 Å². The quantitative estimate of drug-likeness (QED) is 0.893. The van der Waals surface area contributed by atoms with Gasteiger partial charge in [-0.15, -0.1) is 0 Å². The molecule has 2 aromatic rings. The van der Waals surface area contributed by atoms with Crippen LogP contribution in [0.4, 0.5) is 0 Å². The molecule has 0 saturated heterocycles. The van der Waals surface area contributed by atoms with E-state index in [1.165, 1.54) is 0 Å². The Labute approximate surface area is 113 Å².